The van der Waals surface area contributed by atoms with Gasteiger partial charge in [0.25, 0.3) is 0 Å². The Bertz CT molecular complexity index is 568. The second-order valence-electron chi connectivity index (χ2n) is 4.06. The van der Waals surface area contributed by atoms with Gasteiger partial charge >= 0.3 is 5.97 Å². The number of carbonyl (C=O) groups is 1. The minimum Gasteiger partial charge on any atom is -0.478 e. The molecule has 0 spiro atoms. The van der Waals surface area contributed by atoms with Gasteiger partial charge in [-0.2, -0.15) is 0 Å². The normalized spacial score (nSPS) is 16.3. The molecule has 0 fully saturated rings. The average Bonchev–Trinajstić information content (AvgIpc) is 2.39. The van der Waals surface area contributed by atoms with Crippen LogP contribution in [-0.4, -0.2) is 30.0 Å². The van der Waals surface area contributed by atoms with Crippen LogP contribution in [0.1, 0.15) is 5.56 Å². The number of hydrogen-bond donors (Lipinski definition) is 1. The van der Waals surface area contributed by atoms with Gasteiger partial charge in [-0.15, -0.1) is 0 Å². The van der Waals surface area contributed by atoms with E-state index in [-0.39, 0.29) is 26.9 Å². The molecule has 102 valence electrons. The molecule has 7 heteroatoms. The largest absolute Gasteiger partial charge is 0.478 e. The predicted molar refractivity (Wildman–Crippen MR) is 67.4 cm³/mol. The molecule has 0 amide bonds. The van der Waals surface area contributed by atoms with Gasteiger partial charge in [0.2, 0.25) is 0 Å². The zero-order valence-corrected chi connectivity index (χ0v) is 10.9. The number of alkyl halides is 2. The van der Waals surface area contributed by atoms with Crippen LogP contribution in [0.3, 0.4) is 0 Å². The van der Waals surface area contributed by atoms with Crippen LogP contribution in [0.5, 0.6) is 5.75 Å². The first-order valence-corrected chi connectivity index (χ1v) is 5.94. The van der Waals surface area contributed by atoms with Crippen molar-refractivity contribution < 1.29 is 23.4 Å². The highest BCUT2D eigenvalue weighted by atomic mass is 35.5. The monoisotopic (exact) mass is 308 g/mol. The lowest BCUT2D eigenvalue weighted by Gasteiger charge is -2.32. The second kappa shape index (κ2) is 4.98. The van der Waals surface area contributed by atoms with Crippen molar-refractivity contribution in [2.24, 2.45) is 0 Å². The molecule has 0 unspecified atom stereocenters. The molecule has 1 aromatic rings. The van der Waals surface area contributed by atoms with E-state index in [1.165, 1.54) is 12.1 Å². The van der Waals surface area contributed by atoms with Crippen LogP contribution in [-0.2, 0) is 4.79 Å². The summed E-state index contributed by atoms with van der Waals surface area (Å²) < 4.78 is 31.2. The molecule has 0 aromatic heterocycles. The third-order valence-electron chi connectivity index (χ3n) is 2.72. The molecule has 0 aliphatic carbocycles. The number of ether oxygens (including phenoxy) is 1. The van der Waals surface area contributed by atoms with E-state index < -0.39 is 24.9 Å². The average molecular weight is 309 g/mol. The fourth-order valence-corrected chi connectivity index (χ4v) is 2.07. The molecule has 1 N–H and O–H groups in total. The van der Waals surface area contributed by atoms with Gasteiger partial charge in [-0.1, -0.05) is 23.2 Å². The maximum absolute atomic E-state index is 13.0. The number of halogens is 4. The van der Waals surface area contributed by atoms with Gasteiger partial charge in [0.05, 0.1) is 15.6 Å². The molecular weight excluding hydrogens is 301 g/mol. The molecule has 0 bridgehead atoms. The zero-order chi connectivity index (χ0) is 14.2. The summed E-state index contributed by atoms with van der Waals surface area (Å²) in [6.07, 6.45) is 0.919. The van der Waals surface area contributed by atoms with E-state index in [9.17, 15) is 13.6 Å². The summed E-state index contributed by atoms with van der Waals surface area (Å²) in [5.41, 5.74) is -2.06. The van der Waals surface area contributed by atoms with Crippen molar-refractivity contribution in [2.45, 2.75) is 5.60 Å². The molecule has 1 aliphatic heterocycles. The van der Waals surface area contributed by atoms with Crippen molar-refractivity contribution in [3.63, 3.8) is 0 Å². The van der Waals surface area contributed by atoms with Crippen molar-refractivity contribution in [3.05, 3.63) is 33.8 Å². The fourth-order valence-electron chi connectivity index (χ4n) is 1.76. The molecule has 1 aromatic carbocycles. The van der Waals surface area contributed by atoms with Crippen LogP contribution in [0.4, 0.5) is 8.78 Å². The third kappa shape index (κ3) is 2.40. The standard InChI is InChI=1S/C12H8Cl2F2O3/c13-8-1-6-7(11(17)18)3-12(4-15,5-16)19-10(6)2-9(8)14/h1-3H,4-5H2,(H,17,18). The van der Waals surface area contributed by atoms with E-state index in [0.29, 0.717) is 0 Å². The number of aliphatic carboxylic acids is 1. The van der Waals surface area contributed by atoms with E-state index in [1.807, 2.05) is 0 Å². The first-order chi connectivity index (χ1) is 8.92. The van der Waals surface area contributed by atoms with Crippen LogP contribution in [0, 0.1) is 0 Å². The molecule has 1 aliphatic rings. The van der Waals surface area contributed by atoms with Gasteiger partial charge in [-0.05, 0) is 12.1 Å². The smallest absolute Gasteiger partial charge is 0.336 e. The van der Waals surface area contributed by atoms with Gasteiger partial charge < -0.3 is 9.84 Å². The summed E-state index contributed by atoms with van der Waals surface area (Å²) in [5.74, 6) is -1.33. The Kier molecular flexibility index (Phi) is 3.69. The predicted octanol–water partition coefficient (Wildman–Crippen LogP) is 3.53. The lowest BCUT2D eigenvalue weighted by molar-refractivity contribution is -0.130. The highest BCUT2D eigenvalue weighted by Gasteiger charge is 2.38. The lowest BCUT2D eigenvalue weighted by atomic mass is 9.94. The number of fused-ring (bicyclic) bond motifs is 1. The summed E-state index contributed by atoms with van der Waals surface area (Å²) in [6, 6.07) is 2.54. The Morgan fingerprint density at radius 2 is 1.84 bits per heavy atom. The van der Waals surface area contributed by atoms with E-state index in [0.717, 1.165) is 6.08 Å². The van der Waals surface area contributed by atoms with Crippen molar-refractivity contribution in [1.29, 1.82) is 0 Å². The molecule has 1 heterocycles. The Labute approximate surface area is 117 Å². The molecule has 0 saturated carbocycles. The summed E-state index contributed by atoms with van der Waals surface area (Å²) in [4.78, 5) is 11.2. The highest BCUT2D eigenvalue weighted by Crippen LogP contribution is 2.41. The number of benzene rings is 1. The molecular formula is C12H8Cl2F2O3. The molecule has 19 heavy (non-hydrogen) atoms. The van der Waals surface area contributed by atoms with Gasteiger partial charge in [-0.3, -0.25) is 0 Å². The third-order valence-corrected chi connectivity index (χ3v) is 3.44. The Morgan fingerprint density at radius 3 is 2.37 bits per heavy atom. The van der Waals surface area contributed by atoms with Crippen LogP contribution in [0.25, 0.3) is 5.57 Å². The summed E-state index contributed by atoms with van der Waals surface area (Å²) in [6.45, 7) is -2.39. The first-order valence-electron chi connectivity index (χ1n) is 5.19. The van der Waals surface area contributed by atoms with E-state index >= 15 is 0 Å². The van der Waals surface area contributed by atoms with Crippen molar-refractivity contribution in [1.82, 2.24) is 0 Å². The van der Waals surface area contributed by atoms with Crippen molar-refractivity contribution in [3.8, 4) is 5.75 Å². The van der Waals surface area contributed by atoms with Gasteiger partial charge in [-0.25, -0.2) is 13.6 Å². The molecule has 0 atom stereocenters. The lowest BCUT2D eigenvalue weighted by Crippen LogP contribution is -2.41. The summed E-state index contributed by atoms with van der Waals surface area (Å²) >= 11 is 11.6. The molecule has 3 nitrogen and oxygen atoms in total. The quantitative estimate of drug-likeness (QED) is 0.929. The molecule has 2 rings (SSSR count). The topological polar surface area (TPSA) is 46.5 Å². The fraction of sp³-hybridized carbons (Fsp3) is 0.250. The Balaban J connectivity index is 2.66. The number of carboxylic acids is 1. The minimum absolute atomic E-state index is 0.00963. The van der Waals surface area contributed by atoms with E-state index in [4.69, 9.17) is 33.0 Å². The number of rotatable bonds is 3. The van der Waals surface area contributed by atoms with Gasteiger partial charge in [0, 0.05) is 11.6 Å². The van der Waals surface area contributed by atoms with Crippen molar-refractivity contribution >= 4 is 34.7 Å². The van der Waals surface area contributed by atoms with E-state index in [1.54, 1.807) is 0 Å². The minimum atomic E-state index is -1.93. The summed E-state index contributed by atoms with van der Waals surface area (Å²) in [5, 5.41) is 9.36. The van der Waals surface area contributed by atoms with Crippen LogP contribution >= 0.6 is 23.2 Å². The zero-order valence-electron chi connectivity index (χ0n) is 9.42. The maximum Gasteiger partial charge on any atom is 0.336 e. The van der Waals surface area contributed by atoms with E-state index in [2.05, 4.69) is 0 Å². The summed E-state index contributed by atoms with van der Waals surface area (Å²) in [7, 11) is 0. The first kappa shape index (κ1) is 14.1. The number of hydrogen-bond acceptors (Lipinski definition) is 2. The van der Waals surface area contributed by atoms with Crippen LogP contribution in [0.2, 0.25) is 10.0 Å². The molecule has 0 radical (unpaired) electrons. The molecule has 0 saturated heterocycles. The van der Waals surface area contributed by atoms with Gasteiger partial charge in [0.15, 0.2) is 5.60 Å². The highest BCUT2D eigenvalue weighted by molar-refractivity contribution is 6.42. The SMILES string of the molecule is O=C(O)C1=CC(CF)(CF)Oc2cc(Cl)c(Cl)cc21. The van der Waals surface area contributed by atoms with Crippen LogP contribution in [0.15, 0.2) is 18.2 Å². The van der Waals surface area contributed by atoms with Crippen LogP contribution < -0.4 is 4.74 Å². The Hall–Kier alpha value is -1.33. The Morgan fingerprint density at radius 1 is 1.26 bits per heavy atom. The maximum atomic E-state index is 13.0. The van der Waals surface area contributed by atoms with Crippen molar-refractivity contribution in [2.75, 3.05) is 13.3 Å². The second-order valence-corrected chi connectivity index (χ2v) is 4.87. The number of carboxylic acid groups (broad SMARTS) is 1. The van der Waals surface area contributed by atoms with Gasteiger partial charge in [0.1, 0.15) is 19.1 Å².